The maximum Gasteiger partial charge on any atom is 0.128 e. The van der Waals surface area contributed by atoms with Crippen LogP contribution >= 0.6 is 0 Å². The van der Waals surface area contributed by atoms with Crippen molar-refractivity contribution in [2.45, 2.75) is 19.4 Å². The van der Waals surface area contributed by atoms with Crippen LogP contribution in [0.15, 0.2) is 24.3 Å². The molecular weight excluding hydrogens is 228 g/mol. The van der Waals surface area contributed by atoms with Gasteiger partial charge in [0.1, 0.15) is 11.9 Å². The molecule has 0 fully saturated rings. The van der Waals surface area contributed by atoms with Crippen molar-refractivity contribution in [2.75, 3.05) is 6.61 Å². The molecule has 18 heavy (non-hydrogen) atoms. The Morgan fingerprint density at radius 1 is 1.44 bits per heavy atom. The number of benzene rings is 1. The molecule has 0 aliphatic carbocycles. The molecule has 2 aromatic rings. The van der Waals surface area contributed by atoms with Gasteiger partial charge in [0, 0.05) is 19.0 Å². The van der Waals surface area contributed by atoms with Crippen LogP contribution in [0.25, 0.3) is 0 Å². The molecule has 1 aromatic carbocycles. The van der Waals surface area contributed by atoms with Gasteiger partial charge < -0.3 is 9.84 Å². The number of aliphatic hydroxyl groups is 1. The van der Waals surface area contributed by atoms with Gasteiger partial charge in [-0.1, -0.05) is 18.2 Å². The summed E-state index contributed by atoms with van der Waals surface area (Å²) in [6.07, 6.45) is 0.226. The summed E-state index contributed by atoms with van der Waals surface area (Å²) in [5.74, 6) is 0.837. The molecule has 2 heterocycles. The van der Waals surface area contributed by atoms with E-state index in [1.807, 2.05) is 38.2 Å². The van der Waals surface area contributed by atoms with Crippen molar-refractivity contribution in [3.8, 4) is 5.75 Å². The lowest BCUT2D eigenvalue weighted by molar-refractivity contribution is 0.204. The first-order valence-corrected chi connectivity index (χ1v) is 6.10. The van der Waals surface area contributed by atoms with Crippen LogP contribution in [-0.2, 0) is 13.5 Å². The Morgan fingerprint density at radius 3 is 3.00 bits per heavy atom. The Kier molecular flexibility index (Phi) is 2.59. The fraction of sp³-hybridized carbons (Fsp3) is 0.357. The highest BCUT2D eigenvalue weighted by Gasteiger charge is 2.23. The number of aromatic nitrogens is 2. The normalized spacial score (nSPS) is 15.3. The first-order valence-electron chi connectivity index (χ1n) is 6.10. The molecule has 0 saturated heterocycles. The lowest BCUT2D eigenvalue weighted by atomic mass is 10.0. The van der Waals surface area contributed by atoms with Gasteiger partial charge in [0.15, 0.2) is 0 Å². The molecule has 1 aliphatic heterocycles. The fourth-order valence-corrected chi connectivity index (χ4v) is 2.50. The van der Waals surface area contributed by atoms with Crippen LogP contribution in [0.3, 0.4) is 0 Å². The SMILES string of the molecule is Cc1cc(C(O)c2cccc3c2OCC3)n(C)n1. The third kappa shape index (κ3) is 1.69. The van der Waals surface area contributed by atoms with Gasteiger partial charge in [-0.2, -0.15) is 5.10 Å². The van der Waals surface area contributed by atoms with Gasteiger partial charge in [0.25, 0.3) is 0 Å². The summed E-state index contributed by atoms with van der Waals surface area (Å²) >= 11 is 0. The zero-order chi connectivity index (χ0) is 12.7. The minimum absolute atomic E-state index is 0.691. The molecule has 0 bridgehead atoms. The van der Waals surface area contributed by atoms with Gasteiger partial charge in [-0.25, -0.2) is 0 Å². The largest absolute Gasteiger partial charge is 0.493 e. The van der Waals surface area contributed by atoms with E-state index in [2.05, 4.69) is 5.10 Å². The van der Waals surface area contributed by atoms with Crippen LogP contribution in [0.5, 0.6) is 5.75 Å². The van der Waals surface area contributed by atoms with Gasteiger partial charge >= 0.3 is 0 Å². The van der Waals surface area contributed by atoms with Crippen LogP contribution < -0.4 is 4.74 Å². The maximum atomic E-state index is 10.5. The summed E-state index contributed by atoms with van der Waals surface area (Å²) in [7, 11) is 1.84. The van der Waals surface area contributed by atoms with Crippen molar-refractivity contribution >= 4 is 0 Å². The van der Waals surface area contributed by atoms with E-state index >= 15 is 0 Å². The van der Waals surface area contributed by atoms with Crippen molar-refractivity contribution in [1.29, 1.82) is 0 Å². The Balaban J connectivity index is 2.05. The second-order valence-corrected chi connectivity index (χ2v) is 4.67. The lowest BCUT2D eigenvalue weighted by Crippen LogP contribution is -2.07. The van der Waals surface area contributed by atoms with Gasteiger partial charge in [-0.3, -0.25) is 4.68 Å². The average molecular weight is 244 g/mol. The lowest BCUT2D eigenvalue weighted by Gasteiger charge is -2.14. The predicted molar refractivity (Wildman–Crippen MR) is 67.6 cm³/mol. The molecule has 0 spiro atoms. The maximum absolute atomic E-state index is 10.5. The van der Waals surface area contributed by atoms with E-state index in [0.717, 1.165) is 29.1 Å². The van der Waals surface area contributed by atoms with E-state index < -0.39 is 6.10 Å². The molecule has 1 unspecified atom stereocenters. The number of rotatable bonds is 2. The van der Waals surface area contributed by atoms with Crippen LogP contribution in [0.1, 0.15) is 28.6 Å². The third-order valence-electron chi connectivity index (χ3n) is 3.36. The number of nitrogens with zero attached hydrogens (tertiary/aromatic N) is 2. The minimum atomic E-state index is -0.691. The molecule has 4 nitrogen and oxygen atoms in total. The van der Waals surface area contributed by atoms with Crippen LogP contribution in [0.2, 0.25) is 0 Å². The van der Waals surface area contributed by atoms with Crippen molar-refractivity contribution in [3.63, 3.8) is 0 Å². The van der Waals surface area contributed by atoms with Crippen molar-refractivity contribution in [2.24, 2.45) is 7.05 Å². The number of hydrogen-bond acceptors (Lipinski definition) is 3. The number of fused-ring (bicyclic) bond motifs is 1. The monoisotopic (exact) mass is 244 g/mol. The minimum Gasteiger partial charge on any atom is -0.493 e. The number of aryl methyl sites for hydroxylation is 2. The number of aliphatic hydroxyl groups excluding tert-OH is 1. The van der Waals surface area contributed by atoms with Crippen molar-refractivity contribution in [3.05, 3.63) is 46.8 Å². The van der Waals surface area contributed by atoms with Crippen LogP contribution in [0, 0.1) is 6.92 Å². The standard InChI is InChI=1S/C14H16N2O2/c1-9-8-12(16(2)15-9)13(17)11-5-3-4-10-6-7-18-14(10)11/h3-5,8,13,17H,6-7H2,1-2H3. The molecule has 94 valence electrons. The van der Waals surface area contributed by atoms with Gasteiger partial charge in [0.2, 0.25) is 0 Å². The van der Waals surface area contributed by atoms with E-state index in [4.69, 9.17) is 4.74 Å². The molecule has 1 N–H and O–H groups in total. The summed E-state index contributed by atoms with van der Waals surface area (Å²) in [6, 6.07) is 7.83. The Morgan fingerprint density at radius 2 is 2.28 bits per heavy atom. The highest BCUT2D eigenvalue weighted by Crippen LogP contribution is 2.35. The van der Waals surface area contributed by atoms with E-state index in [0.29, 0.717) is 6.61 Å². The van der Waals surface area contributed by atoms with E-state index in [1.54, 1.807) is 4.68 Å². The highest BCUT2D eigenvalue weighted by molar-refractivity contribution is 5.47. The predicted octanol–water partition coefficient (Wildman–Crippen LogP) is 1.75. The number of para-hydroxylation sites is 1. The molecule has 1 aliphatic rings. The molecular formula is C14H16N2O2. The number of ether oxygens (including phenoxy) is 1. The highest BCUT2D eigenvalue weighted by atomic mass is 16.5. The molecule has 3 rings (SSSR count). The third-order valence-corrected chi connectivity index (χ3v) is 3.36. The summed E-state index contributed by atoms with van der Waals surface area (Å²) in [4.78, 5) is 0. The molecule has 1 aromatic heterocycles. The molecule has 0 amide bonds. The zero-order valence-corrected chi connectivity index (χ0v) is 10.6. The Bertz CT molecular complexity index is 589. The molecule has 0 radical (unpaired) electrons. The fourth-order valence-electron chi connectivity index (χ4n) is 2.50. The molecule has 0 saturated carbocycles. The first-order chi connectivity index (χ1) is 8.66. The van der Waals surface area contributed by atoms with Gasteiger partial charge in [-0.05, 0) is 18.6 Å². The molecule has 1 atom stereocenters. The van der Waals surface area contributed by atoms with E-state index in [9.17, 15) is 5.11 Å². The van der Waals surface area contributed by atoms with Gasteiger partial charge in [-0.15, -0.1) is 0 Å². The summed E-state index contributed by atoms with van der Waals surface area (Å²) in [5.41, 5.74) is 3.69. The van der Waals surface area contributed by atoms with Crippen molar-refractivity contribution in [1.82, 2.24) is 9.78 Å². The van der Waals surface area contributed by atoms with Crippen molar-refractivity contribution < 1.29 is 9.84 Å². The summed E-state index contributed by atoms with van der Waals surface area (Å²) in [6.45, 7) is 2.62. The van der Waals surface area contributed by atoms with E-state index in [-0.39, 0.29) is 0 Å². The quantitative estimate of drug-likeness (QED) is 0.875. The second-order valence-electron chi connectivity index (χ2n) is 4.67. The summed E-state index contributed by atoms with van der Waals surface area (Å²) < 4.78 is 7.35. The topological polar surface area (TPSA) is 47.3 Å². The Labute approximate surface area is 106 Å². The molecule has 4 heteroatoms. The van der Waals surface area contributed by atoms with E-state index in [1.165, 1.54) is 5.56 Å². The smallest absolute Gasteiger partial charge is 0.128 e. The summed E-state index contributed by atoms with van der Waals surface area (Å²) in [5, 5.41) is 14.8. The second kappa shape index (κ2) is 4.14. The van der Waals surface area contributed by atoms with Crippen LogP contribution in [0.4, 0.5) is 0 Å². The first kappa shape index (κ1) is 11.3. The van der Waals surface area contributed by atoms with Crippen LogP contribution in [-0.4, -0.2) is 21.5 Å². The zero-order valence-electron chi connectivity index (χ0n) is 10.6. The Hall–Kier alpha value is -1.81. The number of hydrogen-bond donors (Lipinski definition) is 1. The van der Waals surface area contributed by atoms with Gasteiger partial charge in [0.05, 0.1) is 18.0 Å². The average Bonchev–Trinajstić information content (AvgIpc) is 2.94.